The third-order valence-corrected chi connectivity index (χ3v) is 5.95. The van der Waals surface area contributed by atoms with E-state index in [-0.39, 0.29) is 12.1 Å². The number of thioether (sulfide) groups is 1. The van der Waals surface area contributed by atoms with Crippen LogP contribution in [-0.4, -0.2) is 43.9 Å². The first kappa shape index (κ1) is 18.5. The van der Waals surface area contributed by atoms with E-state index in [0.29, 0.717) is 10.7 Å². The lowest BCUT2D eigenvalue weighted by Crippen LogP contribution is -2.36. The zero-order chi connectivity index (χ0) is 19.8. The van der Waals surface area contributed by atoms with Gasteiger partial charge in [-0.2, -0.15) is 0 Å². The Bertz CT molecular complexity index is 1070. The minimum atomic E-state index is -0.988. The summed E-state index contributed by atoms with van der Waals surface area (Å²) in [6.07, 6.45) is 7.67. The fourth-order valence-corrected chi connectivity index (χ4v) is 4.41. The summed E-state index contributed by atoms with van der Waals surface area (Å²) in [6.45, 7) is 0. The van der Waals surface area contributed by atoms with Crippen molar-refractivity contribution in [3.8, 4) is 0 Å². The maximum Gasteiger partial charge on any atom is 0.404 e. The third-order valence-electron chi connectivity index (χ3n) is 5.39. The van der Waals surface area contributed by atoms with E-state index < -0.39 is 12.0 Å². The monoisotopic (exact) mass is 399 g/mol. The number of amides is 2. The third kappa shape index (κ3) is 3.26. The number of aromatic nitrogens is 3. The number of nitrogens with zero attached hydrogens (tertiary/aromatic N) is 3. The summed E-state index contributed by atoms with van der Waals surface area (Å²) >= 11 is 1.47. The number of hydrogen-bond donors (Lipinski definition) is 3. The minimum Gasteiger partial charge on any atom is -0.465 e. The zero-order valence-electron chi connectivity index (χ0n) is 15.4. The van der Waals surface area contributed by atoms with Crippen molar-refractivity contribution < 1.29 is 14.7 Å². The molecule has 1 aromatic carbocycles. The standard InChI is InChI=1S/C19H21N5O3S/c1-28-18-21-8-10-2-7-13-14(17(20)25)9-24(16(13)15(10)23-18)12-5-3-11(4-6-12)22-19(26)27/h2,7-9,11-12,22H,3-6H2,1H3,(H2,20,25)(H,26,27). The van der Waals surface area contributed by atoms with Crippen LogP contribution in [0, 0.1) is 0 Å². The maximum atomic E-state index is 12.0. The van der Waals surface area contributed by atoms with Crippen LogP contribution >= 0.6 is 11.8 Å². The second kappa shape index (κ2) is 7.31. The Balaban J connectivity index is 1.82. The van der Waals surface area contributed by atoms with E-state index >= 15 is 0 Å². The number of benzene rings is 1. The molecule has 2 aromatic heterocycles. The van der Waals surface area contributed by atoms with Gasteiger partial charge < -0.3 is 20.7 Å². The van der Waals surface area contributed by atoms with Crippen LogP contribution in [0.1, 0.15) is 42.1 Å². The van der Waals surface area contributed by atoms with Crippen LogP contribution in [-0.2, 0) is 0 Å². The highest BCUT2D eigenvalue weighted by molar-refractivity contribution is 7.98. The molecule has 0 atom stereocenters. The highest BCUT2D eigenvalue weighted by Crippen LogP contribution is 2.36. The summed E-state index contributed by atoms with van der Waals surface area (Å²) in [5.74, 6) is -0.469. The summed E-state index contributed by atoms with van der Waals surface area (Å²) in [7, 11) is 0. The number of nitrogens with two attached hydrogens (primary N) is 1. The van der Waals surface area contributed by atoms with E-state index in [1.54, 1.807) is 6.20 Å². The SMILES string of the molecule is CSc1ncc2ccc3c(C(N)=O)cn(C4CCC(NC(=O)O)CC4)c3c2n1. The van der Waals surface area contributed by atoms with Crippen molar-refractivity contribution in [2.75, 3.05) is 6.26 Å². The molecule has 1 aliphatic rings. The predicted molar refractivity (Wildman–Crippen MR) is 108 cm³/mol. The van der Waals surface area contributed by atoms with Crippen LogP contribution in [0.2, 0.25) is 0 Å². The summed E-state index contributed by atoms with van der Waals surface area (Å²) in [6, 6.07) is 3.93. The first-order valence-electron chi connectivity index (χ1n) is 9.11. The molecule has 0 aliphatic heterocycles. The molecule has 0 spiro atoms. The minimum absolute atomic E-state index is 0.0339. The van der Waals surface area contributed by atoms with Crippen molar-refractivity contribution in [2.24, 2.45) is 5.73 Å². The van der Waals surface area contributed by atoms with E-state index in [4.69, 9.17) is 15.8 Å². The highest BCUT2D eigenvalue weighted by Gasteiger charge is 2.26. The molecule has 0 radical (unpaired) electrons. The summed E-state index contributed by atoms with van der Waals surface area (Å²) in [4.78, 5) is 32.0. The molecule has 4 N–H and O–H groups in total. The lowest BCUT2D eigenvalue weighted by molar-refractivity contribution is 0.100. The normalized spacial score (nSPS) is 19.8. The van der Waals surface area contributed by atoms with Gasteiger partial charge in [-0.15, -0.1) is 0 Å². The van der Waals surface area contributed by atoms with Crippen LogP contribution in [0.5, 0.6) is 0 Å². The molecule has 9 heteroatoms. The average Bonchev–Trinajstić information content (AvgIpc) is 3.08. The summed E-state index contributed by atoms with van der Waals surface area (Å²) < 4.78 is 2.10. The number of primary amides is 1. The molecule has 1 aliphatic carbocycles. The van der Waals surface area contributed by atoms with Gasteiger partial charge in [0.05, 0.1) is 16.6 Å². The van der Waals surface area contributed by atoms with Crippen molar-refractivity contribution in [3.63, 3.8) is 0 Å². The van der Waals surface area contributed by atoms with E-state index in [1.807, 2.05) is 24.6 Å². The van der Waals surface area contributed by atoms with Gasteiger partial charge in [-0.1, -0.05) is 23.9 Å². The van der Waals surface area contributed by atoms with E-state index in [9.17, 15) is 9.59 Å². The molecule has 2 heterocycles. The largest absolute Gasteiger partial charge is 0.465 e. The first-order valence-corrected chi connectivity index (χ1v) is 10.3. The van der Waals surface area contributed by atoms with Gasteiger partial charge in [-0.05, 0) is 31.9 Å². The molecule has 28 heavy (non-hydrogen) atoms. The second-order valence-electron chi connectivity index (χ2n) is 7.03. The summed E-state index contributed by atoms with van der Waals surface area (Å²) in [5, 5.41) is 13.9. The number of nitrogens with one attached hydrogen (secondary N) is 1. The van der Waals surface area contributed by atoms with Crippen LogP contribution in [0.25, 0.3) is 21.8 Å². The van der Waals surface area contributed by atoms with Crippen LogP contribution in [0.15, 0.2) is 29.7 Å². The number of rotatable bonds is 4. The van der Waals surface area contributed by atoms with Crippen molar-refractivity contribution in [3.05, 3.63) is 30.1 Å². The molecule has 2 amide bonds. The predicted octanol–water partition coefficient (Wildman–Crippen LogP) is 3.16. The molecular formula is C19H21N5O3S. The van der Waals surface area contributed by atoms with Gasteiger partial charge in [0.1, 0.15) is 0 Å². The Morgan fingerprint density at radius 1 is 1.29 bits per heavy atom. The van der Waals surface area contributed by atoms with Crippen molar-refractivity contribution >= 4 is 45.6 Å². The number of hydrogen-bond acceptors (Lipinski definition) is 5. The number of carbonyl (C=O) groups excluding carboxylic acids is 1. The second-order valence-corrected chi connectivity index (χ2v) is 7.80. The van der Waals surface area contributed by atoms with Crippen molar-refractivity contribution in [2.45, 2.75) is 42.9 Å². The molecule has 0 unspecified atom stereocenters. The molecule has 1 saturated carbocycles. The number of fused-ring (bicyclic) bond motifs is 3. The van der Waals surface area contributed by atoms with Crippen LogP contribution < -0.4 is 11.1 Å². The molecular weight excluding hydrogens is 378 g/mol. The maximum absolute atomic E-state index is 12.0. The van der Waals surface area contributed by atoms with Crippen molar-refractivity contribution in [1.82, 2.24) is 19.9 Å². The first-order chi connectivity index (χ1) is 13.5. The number of carbonyl (C=O) groups is 2. The van der Waals surface area contributed by atoms with Gasteiger partial charge in [-0.3, -0.25) is 4.79 Å². The van der Waals surface area contributed by atoms with Gasteiger partial charge in [0.2, 0.25) is 0 Å². The summed E-state index contributed by atoms with van der Waals surface area (Å²) in [5.41, 5.74) is 7.80. The molecule has 1 fully saturated rings. The van der Waals surface area contributed by atoms with E-state index in [1.165, 1.54) is 11.8 Å². The Kier molecular flexibility index (Phi) is 4.84. The average molecular weight is 399 g/mol. The van der Waals surface area contributed by atoms with Crippen molar-refractivity contribution in [1.29, 1.82) is 0 Å². The van der Waals surface area contributed by atoms with Crippen LogP contribution in [0.4, 0.5) is 4.79 Å². The van der Waals surface area contributed by atoms with Gasteiger partial charge in [0, 0.05) is 35.2 Å². The Hall–Kier alpha value is -2.81. The molecule has 146 valence electrons. The molecule has 0 saturated heterocycles. The molecule has 0 bridgehead atoms. The van der Waals surface area contributed by atoms with Gasteiger partial charge in [-0.25, -0.2) is 14.8 Å². The Morgan fingerprint density at radius 3 is 2.68 bits per heavy atom. The molecule has 3 aromatic rings. The molecule has 8 nitrogen and oxygen atoms in total. The highest BCUT2D eigenvalue weighted by atomic mass is 32.2. The van der Waals surface area contributed by atoms with E-state index in [0.717, 1.165) is 47.5 Å². The van der Waals surface area contributed by atoms with Gasteiger partial charge >= 0.3 is 6.09 Å². The fraction of sp³-hybridized carbons (Fsp3) is 0.368. The Labute approximate surface area is 165 Å². The Morgan fingerprint density at radius 2 is 2.04 bits per heavy atom. The van der Waals surface area contributed by atoms with E-state index in [2.05, 4.69) is 14.9 Å². The van der Waals surface area contributed by atoms with Gasteiger partial charge in [0.25, 0.3) is 5.91 Å². The topological polar surface area (TPSA) is 123 Å². The smallest absolute Gasteiger partial charge is 0.404 e. The van der Waals surface area contributed by atoms with Crippen LogP contribution in [0.3, 0.4) is 0 Å². The lowest BCUT2D eigenvalue weighted by atomic mass is 9.91. The zero-order valence-corrected chi connectivity index (χ0v) is 16.2. The number of carboxylic acid groups (broad SMARTS) is 1. The fourth-order valence-electron chi connectivity index (χ4n) is 4.07. The quantitative estimate of drug-likeness (QED) is 0.457. The van der Waals surface area contributed by atoms with Gasteiger partial charge in [0.15, 0.2) is 5.16 Å². The molecule has 4 rings (SSSR count). The lowest BCUT2D eigenvalue weighted by Gasteiger charge is -2.30.